The molecular formula is C66H102N12O10Si3. The zero-order valence-electron chi connectivity index (χ0n) is 52.9. The van der Waals surface area contributed by atoms with E-state index in [1.54, 1.807) is 97.1 Å². The predicted octanol–water partition coefficient (Wildman–Crippen LogP) is 16.6. The molecule has 4 aromatic carbocycles. The Morgan fingerprint density at radius 2 is 0.582 bits per heavy atom. The molecule has 91 heavy (non-hydrogen) atoms. The maximum atomic E-state index is 12.6. The molecule has 0 aliphatic rings. The normalized spacial score (nSPS) is 11.1. The number of nitrogens with zero attached hydrogens (tertiary/aromatic N) is 6. The Labute approximate surface area is 543 Å². The third-order valence-corrected chi connectivity index (χ3v) is 24.9. The van der Waals surface area contributed by atoms with Crippen molar-refractivity contribution >= 4 is 108 Å². The lowest BCUT2D eigenvalue weighted by Crippen LogP contribution is -2.52. The van der Waals surface area contributed by atoms with E-state index in [1.165, 1.54) is 0 Å². The molecule has 0 bridgehead atoms. The van der Waals surface area contributed by atoms with Gasteiger partial charge in [-0.25, -0.2) is 19.2 Å². The third-order valence-electron chi connectivity index (χ3n) is 13.5. The summed E-state index contributed by atoms with van der Waals surface area (Å²) in [4.78, 5) is 78.3. The van der Waals surface area contributed by atoms with Gasteiger partial charge in [-0.15, -0.1) is 0 Å². The van der Waals surface area contributed by atoms with Gasteiger partial charge in [0.2, 0.25) is 35.7 Å². The maximum absolute atomic E-state index is 12.6. The number of benzene rings is 4. The van der Waals surface area contributed by atoms with Gasteiger partial charge in [-0.05, 0) is 187 Å². The van der Waals surface area contributed by atoms with Crippen LogP contribution in [0.3, 0.4) is 0 Å². The molecule has 0 saturated heterocycles. The van der Waals surface area contributed by atoms with Crippen molar-refractivity contribution in [3.63, 3.8) is 0 Å². The standard InChI is InChI=1S/C63H90N12O10Si3.3CH4/c1-11-15-40-80-54(76)46-22-30-50(31-23-46)66-60-70-58(71-61(74-60)67-51-32-24-47(25-33-51)55(77)81-41-16-12-2)64-38-19-20-44-86(5,6)84-88(9,10)85-87(7,8)45-21-39-65-59-72-62(68-52-34-26-48(27-35-52)56(78)82-42-17-13-3)75-63(73-59)69-53-36-28-49(29-37-53)57(79)83-43-18-14-4;;;/h22-37H,11-21,38-45H2,1-10H3,(H3,64,66,67,70,71,74)(H3,65,68,69,72,73,75);3*1H4. The number of ether oxygens (including phenoxy) is 4. The second-order valence-electron chi connectivity index (χ2n) is 22.9. The summed E-state index contributed by atoms with van der Waals surface area (Å²) in [6.45, 7) is 24.1. The van der Waals surface area contributed by atoms with Gasteiger partial charge in [-0.1, -0.05) is 82.1 Å². The highest BCUT2D eigenvalue weighted by Crippen LogP contribution is 2.28. The molecule has 498 valence electrons. The zero-order valence-corrected chi connectivity index (χ0v) is 55.9. The van der Waals surface area contributed by atoms with E-state index in [9.17, 15) is 19.2 Å². The van der Waals surface area contributed by atoms with Crippen molar-refractivity contribution in [1.29, 1.82) is 0 Å². The second kappa shape index (κ2) is 39.4. The number of rotatable bonds is 39. The molecule has 2 aromatic heterocycles. The Morgan fingerprint density at radius 3 is 0.846 bits per heavy atom. The van der Waals surface area contributed by atoms with Crippen LogP contribution in [0.1, 0.15) is 162 Å². The van der Waals surface area contributed by atoms with E-state index in [-0.39, 0.29) is 70.0 Å². The van der Waals surface area contributed by atoms with Gasteiger partial charge in [0, 0.05) is 35.8 Å². The van der Waals surface area contributed by atoms with Crippen LogP contribution in [0.4, 0.5) is 58.4 Å². The minimum Gasteiger partial charge on any atom is -0.462 e. The summed E-state index contributed by atoms with van der Waals surface area (Å²) in [6.07, 6.45) is 9.49. The molecule has 2 heterocycles. The van der Waals surface area contributed by atoms with Gasteiger partial charge < -0.3 is 59.1 Å². The minimum absolute atomic E-state index is 0. The first-order chi connectivity index (χ1) is 42.2. The summed E-state index contributed by atoms with van der Waals surface area (Å²) in [5.41, 5.74) is 4.45. The molecule has 0 amide bonds. The van der Waals surface area contributed by atoms with Gasteiger partial charge in [0.1, 0.15) is 0 Å². The number of carbonyl (C=O) groups is 4. The van der Waals surface area contributed by atoms with Crippen molar-refractivity contribution < 1.29 is 46.4 Å². The molecule has 0 aliphatic heterocycles. The molecule has 6 aromatic rings. The van der Waals surface area contributed by atoms with Crippen LogP contribution in [0.5, 0.6) is 0 Å². The minimum atomic E-state index is -2.55. The molecule has 0 unspecified atom stereocenters. The Hall–Kier alpha value is -7.85. The molecule has 6 N–H and O–H groups in total. The van der Waals surface area contributed by atoms with Crippen molar-refractivity contribution in [2.24, 2.45) is 0 Å². The molecule has 22 nitrogen and oxygen atoms in total. The van der Waals surface area contributed by atoms with Crippen molar-refractivity contribution in [1.82, 2.24) is 29.9 Å². The molecule has 25 heteroatoms. The number of carbonyl (C=O) groups excluding carboxylic acids is 4. The first kappa shape index (κ1) is 77.4. The second-order valence-corrected chi connectivity index (χ2v) is 35.4. The van der Waals surface area contributed by atoms with Gasteiger partial charge >= 0.3 is 32.4 Å². The molecule has 0 atom stereocenters. The highest BCUT2D eigenvalue weighted by atomic mass is 28.5. The van der Waals surface area contributed by atoms with Gasteiger partial charge in [-0.3, -0.25) is 0 Å². The number of anilines is 10. The summed E-state index contributed by atoms with van der Waals surface area (Å²) in [7, 11) is -6.93. The van der Waals surface area contributed by atoms with Crippen LogP contribution in [0.25, 0.3) is 0 Å². The monoisotopic (exact) mass is 1310 g/mol. The lowest BCUT2D eigenvalue weighted by molar-refractivity contribution is 0.0490. The predicted molar refractivity (Wildman–Crippen MR) is 375 cm³/mol. The fraction of sp³-hybridized carbons (Fsp3) is 0.485. The smallest absolute Gasteiger partial charge is 0.338 e. The number of aromatic nitrogens is 6. The number of hydrogen-bond donors (Lipinski definition) is 6. The Kier molecular flexibility index (Phi) is 33.5. The van der Waals surface area contributed by atoms with Gasteiger partial charge in [-0.2, -0.15) is 29.9 Å². The largest absolute Gasteiger partial charge is 0.462 e. The van der Waals surface area contributed by atoms with Gasteiger partial charge in [0.25, 0.3) is 0 Å². The average molecular weight is 1310 g/mol. The summed E-state index contributed by atoms with van der Waals surface area (Å²) >= 11 is 0. The summed E-state index contributed by atoms with van der Waals surface area (Å²) in [5, 5.41) is 19.8. The topological polar surface area (TPSA) is 273 Å². The SMILES string of the molecule is C.C.C.CCCCOC(=O)c1ccc(Nc2nc(NCCCC[Si](C)(C)O[Si](C)(C)O[Si](C)(C)CCCNc3nc(Nc4ccc(C(=O)OCCCC)cc4)nc(Nc4ccc(C(=O)OCCCC)cc4)n3)nc(Nc3ccc(C(=O)OCCCC)cc3)n2)cc1. The molecule has 0 spiro atoms. The lowest BCUT2D eigenvalue weighted by Gasteiger charge is -2.38. The van der Waals surface area contributed by atoms with E-state index in [4.69, 9.17) is 37.1 Å². The fourth-order valence-electron chi connectivity index (χ4n) is 9.02. The first-order valence-electron chi connectivity index (χ1n) is 30.8. The Balaban J connectivity index is 0.00000721. The molecule has 0 fully saturated rings. The maximum Gasteiger partial charge on any atom is 0.338 e. The molecule has 0 saturated carbocycles. The van der Waals surface area contributed by atoms with E-state index in [0.717, 1.165) is 82.7 Å². The van der Waals surface area contributed by atoms with E-state index < -0.39 is 25.2 Å². The summed E-state index contributed by atoms with van der Waals surface area (Å²) in [5.74, 6) is 0.343. The van der Waals surface area contributed by atoms with E-state index in [0.29, 0.717) is 96.4 Å². The van der Waals surface area contributed by atoms with Crippen LogP contribution >= 0.6 is 0 Å². The number of nitrogens with one attached hydrogen (secondary N) is 6. The summed E-state index contributed by atoms with van der Waals surface area (Å²) in [6, 6.07) is 29.5. The van der Waals surface area contributed by atoms with E-state index in [1.807, 2.05) is 27.7 Å². The first-order valence-corrected chi connectivity index (χ1v) is 39.9. The van der Waals surface area contributed by atoms with Crippen LogP contribution in [0.15, 0.2) is 97.1 Å². The highest BCUT2D eigenvalue weighted by molar-refractivity contribution is 6.87. The van der Waals surface area contributed by atoms with Crippen LogP contribution in [0.2, 0.25) is 51.4 Å². The molecule has 6 rings (SSSR count). The van der Waals surface area contributed by atoms with Crippen LogP contribution < -0.4 is 31.9 Å². The number of esters is 4. The van der Waals surface area contributed by atoms with Gasteiger partial charge in [0.15, 0.2) is 16.6 Å². The zero-order chi connectivity index (χ0) is 63.4. The lowest BCUT2D eigenvalue weighted by atomic mass is 10.2. The highest BCUT2D eigenvalue weighted by Gasteiger charge is 2.39. The van der Waals surface area contributed by atoms with Crippen molar-refractivity contribution in [3.8, 4) is 0 Å². The number of hydrogen-bond acceptors (Lipinski definition) is 22. The van der Waals surface area contributed by atoms with Gasteiger partial charge in [0.05, 0.1) is 48.7 Å². The quantitative estimate of drug-likeness (QED) is 0.00906. The van der Waals surface area contributed by atoms with E-state index >= 15 is 0 Å². The number of unbranched alkanes of at least 4 members (excludes halogenated alkanes) is 5. The van der Waals surface area contributed by atoms with Crippen LogP contribution in [-0.2, 0) is 27.2 Å². The van der Waals surface area contributed by atoms with Crippen LogP contribution in [-0.4, -0.2) is 118 Å². The van der Waals surface area contributed by atoms with Crippen LogP contribution in [0, 0.1) is 0 Å². The fourth-order valence-corrected chi connectivity index (χ4v) is 23.2. The van der Waals surface area contributed by atoms with Crippen molar-refractivity contribution in [2.75, 3.05) is 71.4 Å². The average Bonchev–Trinajstić information content (AvgIpc) is 2.96. The van der Waals surface area contributed by atoms with E-state index in [2.05, 4.69) is 91.1 Å². The third kappa shape index (κ3) is 28.1. The summed E-state index contributed by atoms with van der Waals surface area (Å²) < 4.78 is 35.5. The Morgan fingerprint density at radius 1 is 0.341 bits per heavy atom. The molecule has 0 aliphatic carbocycles. The Bertz CT molecular complexity index is 2970. The van der Waals surface area contributed by atoms with Crippen molar-refractivity contribution in [2.45, 2.75) is 172 Å². The molecule has 0 radical (unpaired) electrons. The molecular weight excluding hydrogens is 1210 g/mol. The van der Waals surface area contributed by atoms with Crippen molar-refractivity contribution in [3.05, 3.63) is 119 Å².